The zero-order valence-electron chi connectivity index (χ0n) is 17.2. The number of carbonyl (C=O) groups excluding carboxylic acids is 2. The van der Waals surface area contributed by atoms with E-state index in [2.05, 4.69) is 0 Å². The molecule has 1 aromatic rings. The molecule has 1 unspecified atom stereocenters. The number of nitrogens with two attached hydrogens (primary N) is 1. The molecule has 8 heteroatoms. The van der Waals surface area contributed by atoms with E-state index >= 15 is 0 Å². The Bertz CT molecular complexity index is 671. The maximum Gasteiger partial charge on any atom is 0.340 e. The summed E-state index contributed by atoms with van der Waals surface area (Å²) in [6, 6.07) is 3.16. The van der Waals surface area contributed by atoms with E-state index in [9.17, 15) is 9.59 Å². The highest BCUT2D eigenvalue weighted by Crippen LogP contribution is 2.34. The van der Waals surface area contributed by atoms with E-state index in [1.807, 2.05) is 0 Å². The maximum absolute atomic E-state index is 11.9. The van der Waals surface area contributed by atoms with Crippen molar-refractivity contribution in [3.05, 3.63) is 17.7 Å². The zero-order chi connectivity index (χ0) is 21.1. The number of rotatable bonds is 12. The standard InChI is InChI=1S/C21H31NO7/c1-3-27-20(23)8-6-4-5-7-10-28-18-12-16(21(24)25-2)17(22)13-19(18)29-15-9-11-26-14-15/h12-13,15H,3-11,14,22H2,1-2H3. The molecule has 2 N–H and O–H groups in total. The molecule has 1 aliphatic rings. The zero-order valence-corrected chi connectivity index (χ0v) is 17.2. The highest BCUT2D eigenvalue weighted by atomic mass is 16.6. The molecule has 8 nitrogen and oxygen atoms in total. The van der Waals surface area contributed by atoms with Crippen molar-refractivity contribution in [2.45, 2.75) is 51.6 Å². The molecule has 29 heavy (non-hydrogen) atoms. The molecule has 1 heterocycles. The SMILES string of the molecule is CCOC(=O)CCCCCCOc1cc(C(=O)OC)c(N)cc1OC1CCOC1. The molecular weight excluding hydrogens is 378 g/mol. The first kappa shape index (κ1) is 22.8. The molecule has 0 aliphatic carbocycles. The lowest BCUT2D eigenvalue weighted by Gasteiger charge is -2.18. The molecule has 162 valence electrons. The van der Waals surface area contributed by atoms with Gasteiger partial charge in [0.2, 0.25) is 0 Å². The van der Waals surface area contributed by atoms with Crippen LogP contribution in [0.3, 0.4) is 0 Å². The third-order valence-electron chi connectivity index (χ3n) is 4.54. The van der Waals surface area contributed by atoms with Crippen LogP contribution in [0.4, 0.5) is 5.69 Å². The molecule has 0 saturated carbocycles. The summed E-state index contributed by atoms with van der Waals surface area (Å²) in [6.07, 6.45) is 4.61. The first-order valence-corrected chi connectivity index (χ1v) is 10.1. The number of carbonyl (C=O) groups is 2. The predicted octanol–water partition coefficient (Wildman–Crippen LogP) is 3.12. The molecule has 1 fully saturated rings. The van der Waals surface area contributed by atoms with E-state index in [0.717, 1.165) is 32.1 Å². The van der Waals surface area contributed by atoms with E-state index in [4.69, 9.17) is 29.4 Å². The lowest BCUT2D eigenvalue weighted by Crippen LogP contribution is -2.17. The normalized spacial score (nSPS) is 15.7. The smallest absolute Gasteiger partial charge is 0.340 e. The first-order chi connectivity index (χ1) is 14.0. The summed E-state index contributed by atoms with van der Waals surface area (Å²) in [5, 5.41) is 0. The summed E-state index contributed by atoms with van der Waals surface area (Å²) in [5.41, 5.74) is 6.51. The Balaban J connectivity index is 1.88. The van der Waals surface area contributed by atoms with Crippen LogP contribution in [0.1, 0.15) is 55.8 Å². The number of anilines is 1. The number of hydrogen-bond donors (Lipinski definition) is 1. The van der Waals surface area contributed by atoms with Gasteiger partial charge >= 0.3 is 11.9 Å². The van der Waals surface area contributed by atoms with Crippen LogP contribution in [0.15, 0.2) is 12.1 Å². The van der Waals surface area contributed by atoms with Crippen LogP contribution >= 0.6 is 0 Å². The number of methoxy groups -OCH3 is 1. The van der Waals surface area contributed by atoms with E-state index in [1.54, 1.807) is 19.1 Å². The Morgan fingerprint density at radius 1 is 1.17 bits per heavy atom. The number of ether oxygens (including phenoxy) is 5. The summed E-state index contributed by atoms with van der Waals surface area (Å²) >= 11 is 0. The van der Waals surface area contributed by atoms with Crippen molar-refractivity contribution in [1.29, 1.82) is 0 Å². The Hall–Kier alpha value is -2.48. The highest BCUT2D eigenvalue weighted by Gasteiger charge is 2.22. The number of nitrogen functional groups attached to an aromatic ring is 1. The quantitative estimate of drug-likeness (QED) is 0.319. The number of benzene rings is 1. The molecule has 1 aliphatic heterocycles. The van der Waals surface area contributed by atoms with Gasteiger partial charge in [-0.1, -0.05) is 12.8 Å². The largest absolute Gasteiger partial charge is 0.490 e. The maximum atomic E-state index is 11.9. The van der Waals surface area contributed by atoms with Gasteiger partial charge in [0.1, 0.15) is 6.10 Å². The van der Waals surface area contributed by atoms with Gasteiger partial charge in [-0.25, -0.2) is 4.79 Å². The van der Waals surface area contributed by atoms with Crippen LogP contribution in [0.2, 0.25) is 0 Å². The van der Waals surface area contributed by atoms with Crippen LogP contribution in [0.25, 0.3) is 0 Å². The average Bonchev–Trinajstić information content (AvgIpc) is 3.21. The fourth-order valence-corrected chi connectivity index (χ4v) is 2.99. The van der Waals surface area contributed by atoms with Gasteiger partial charge < -0.3 is 29.4 Å². The van der Waals surface area contributed by atoms with Gasteiger partial charge in [-0.2, -0.15) is 0 Å². The van der Waals surface area contributed by atoms with Crippen LogP contribution in [-0.2, 0) is 19.0 Å². The number of esters is 2. The molecule has 0 spiro atoms. The minimum Gasteiger partial charge on any atom is -0.490 e. The lowest BCUT2D eigenvalue weighted by molar-refractivity contribution is -0.143. The summed E-state index contributed by atoms with van der Waals surface area (Å²) in [4.78, 5) is 23.3. The van der Waals surface area contributed by atoms with E-state index < -0.39 is 5.97 Å². The Morgan fingerprint density at radius 2 is 1.97 bits per heavy atom. The number of hydrogen-bond acceptors (Lipinski definition) is 8. The van der Waals surface area contributed by atoms with E-state index in [-0.39, 0.29) is 23.3 Å². The topological polar surface area (TPSA) is 106 Å². The lowest BCUT2D eigenvalue weighted by atomic mass is 10.1. The summed E-state index contributed by atoms with van der Waals surface area (Å²) in [6.45, 7) is 3.84. The second kappa shape index (κ2) is 12.2. The fourth-order valence-electron chi connectivity index (χ4n) is 2.99. The third-order valence-corrected chi connectivity index (χ3v) is 4.54. The summed E-state index contributed by atoms with van der Waals surface area (Å²) < 4.78 is 26.9. The van der Waals surface area contributed by atoms with Crippen molar-refractivity contribution in [3.63, 3.8) is 0 Å². The van der Waals surface area contributed by atoms with Crippen molar-refractivity contribution in [3.8, 4) is 11.5 Å². The Morgan fingerprint density at radius 3 is 2.66 bits per heavy atom. The van der Waals surface area contributed by atoms with Gasteiger partial charge in [0.15, 0.2) is 11.5 Å². The second-order valence-electron chi connectivity index (χ2n) is 6.80. The number of unbranched alkanes of at least 4 members (excludes halogenated alkanes) is 3. The fraction of sp³-hybridized carbons (Fsp3) is 0.619. The minimum atomic E-state index is -0.526. The average molecular weight is 409 g/mol. The van der Waals surface area contributed by atoms with Crippen LogP contribution in [-0.4, -0.2) is 51.6 Å². The second-order valence-corrected chi connectivity index (χ2v) is 6.80. The first-order valence-electron chi connectivity index (χ1n) is 10.1. The molecule has 0 amide bonds. The van der Waals surface area contributed by atoms with Gasteiger partial charge in [0.05, 0.1) is 44.8 Å². The van der Waals surface area contributed by atoms with E-state index in [0.29, 0.717) is 44.3 Å². The molecule has 1 saturated heterocycles. The van der Waals surface area contributed by atoms with Gasteiger partial charge in [-0.05, 0) is 19.8 Å². The van der Waals surface area contributed by atoms with Crippen LogP contribution in [0, 0.1) is 0 Å². The monoisotopic (exact) mass is 409 g/mol. The summed E-state index contributed by atoms with van der Waals surface area (Å²) in [5.74, 6) is 0.270. The van der Waals surface area contributed by atoms with Gasteiger partial charge in [-0.15, -0.1) is 0 Å². The van der Waals surface area contributed by atoms with Crippen molar-refractivity contribution >= 4 is 17.6 Å². The Kier molecular flexibility index (Phi) is 9.56. The van der Waals surface area contributed by atoms with Gasteiger partial charge in [0.25, 0.3) is 0 Å². The molecule has 2 rings (SSSR count). The molecule has 0 aromatic heterocycles. The highest BCUT2D eigenvalue weighted by molar-refractivity contribution is 5.96. The van der Waals surface area contributed by atoms with Gasteiger partial charge in [-0.3, -0.25) is 4.79 Å². The van der Waals surface area contributed by atoms with Crippen LogP contribution in [0.5, 0.6) is 11.5 Å². The predicted molar refractivity (Wildman–Crippen MR) is 107 cm³/mol. The molecule has 1 atom stereocenters. The molecule has 1 aromatic carbocycles. The summed E-state index contributed by atoms with van der Waals surface area (Å²) in [7, 11) is 1.30. The van der Waals surface area contributed by atoms with Gasteiger partial charge in [0, 0.05) is 25.0 Å². The molecule has 0 radical (unpaired) electrons. The van der Waals surface area contributed by atoms with Crippen molar-refractivity contribution in [2.24, 2.45) is 0 Å². The molecular formula is C21H31NO7. The van der Waals surface area contributed by atoms with Crippen molar-refractivity contribution < 1.29 is 33.3 Å². The van der Waals surface area contributed by atoms with E-state index in [1.165, 1.54) is 7.11 Å². The molecule has 0 bridgehead atoms. The minimum absolute atomic E-state index is 0.0661. The van der Waals surface area contributed by atoms with Crippen molar-refractivity contribution in [2.75, 3.05) is 39.3 Å². The Labute approximate surface area is 171 Å². The van der Waals surface area contributed by atoms with Crippen LogP contribution < -0.4 is 15.2 Å². The van der Waals surface area contributed by atoms with Crippen molar-refractivity contribution in [1.82, 2.24) is 0 Å². The third kappa shape index (κ3) is 7.45.